The molecule has 6 nitrogen and oxygen atoms in total. The normalized spacial score (nSPS) is 16.1. The molecule has 0 bridgehead atoms. The number of sulfonamides is 1. The van der Waals surface area contributed by atoms with Crippen molar-refractivity contribution in [3.05, 3.63) is 59.7 Å². The third-order valence-corrected chi connectivity index (χ3v) is 7.82. The highest BCUT2D eigenvalue weighted by Crippen LogP contribution is 2.32. The molecule has 168 valence electrons. The van der Waals surface area contributed by atoms with Crippen LogP contribution < -0.4 is 10.1 Å². The number of benzene rings is 2. The SMILES string of the molecule is COc1ccc(C(=O)NC(CC2CCCCC2)c2ccccc2)cc1S(=O)(=O)N(C)C. The van der Waals surface area contributed by atoms with E-state index in [0.29, 0.717) is 11.5 Å². The van der Waals surface area contributed by atoms with Gasteiger partial charge in [-0.05, 0) is 36.1 Å². The van der Waals surface area contributed by atoms with Gasteiger partial charge < -0.3 is 10.1 Å². The van der Waals surface area contributed by atoms with Crippen molar-refractivity contribution in [3.8, 4) is 5.75 Å². The van der Waals surface area contributed by atoms with Gasteiger partial charge in [0.15, 0.2) is 0 Å². The highest BCUT2D eigenvalue weighted by atomic mass is 32.2. The summed E-state index contributed by atoms with van der Waals surface area (Å²) in [6, 6.07) is 14.4. The lowest BCUT2D eigenvalue weighted by molar-refractivity contribution is 0.0928. The van der Waals surface area contributed by atoms with Crippen LogP contribution in [0.15, 0.2) is 53.4 Å². The molecule has 7 heteroatoms. The summed E-state index contributed by atoms with van der Waals surface area (Å²) in [5, 5.41) is 3.15. The van der Waals surface area contributed by atoms with E-state index in [-0.39, 0.29) is 22.6 Å². The lowest BCUT2D eigenvalue weighted by Gasteiger charge is -2.27. The zero-order valence-electron chi connectivity index (χ0n) is 18.5. The number of methoxy groups -OCH3 is 1. The number of nitrogens with one attached hydrogen (secondary N) is 1. The summed E-state index contributed by atoms with van der Waals surface area (Å²) in [6.07, 6.45) is 7.03. The molecule has 1 N–H and O–H groups in total. The molecule has 2 aromatic carbocycles. The number of hydrogen-bond donors (Lipinski definition) is 1. The lowest BCUT2D eigenvalue weighted by atomic mass is 9.83. The Balaban J connectivity index is 1.87. The number of hydrogen-bond acceptors (Lipinski definition) is 4. The van der Waals surface area contributed by atoms with Crippen LogP contribution in [0.25, 0.3) is 0 Å². The van der Waals surface area contributed by atoms with Gasteiger partial charge in [-0.2, -0.15) is 0 Å². The Morgan fingerprint density at radius 1 is 1.10 bits per heavy atom. The van der Waals surface area contributed by atoms with E-state index in [1.807, 2.05) is 30.3 Å². The van der Waals surface area contributed by atoms with Crippen LogP contribution in [-0.2, 0) is 10.0 Å². The molecule has 1 aliphatic carbocycles. The second-order valence-electron chi connectivity index (χ2n) is 8.33. The molecule has 1 aliphatic rings. The summed E-state index contributed by atoms with van der Waals surface area (Å²) in [6.45, 7) is 0. The average Bonchev–Trinajstić information content (AvgIpc) is 2.79. The van der Waals surface area contributed by atoms with Gasteiger partial charge in [0, 0.05) is 19.7 Å². The molecule has 0 heterocycles. The van der Waals surface area contributed by atoms with Crippen LogP contribution in [0.1, 0.15) is 60.5 Å². The molecule has 31 heavy (non-hydrogen) atoms. The van der Waals surface area contributed by atoms with E-state index in [2.05, 4.69) is 5.32 Å². The van der Waals surface area contributed by atoms with Gasteiger partial charge in [0.25, 0.3) is 5.91 Å². The van der Waals surface area contributed by atoms with Crippen LogP contribution in [0.5, 0.6) is 5.75 Å². The zero-order valence-corrected chi connectivity index (χ0v) is 19.3. The maximum absolute atomic E-state index is 13.2. The van der Waals surface area contributed by atoms with Crippen molar-refractivity contribution in [2.24, 2.45) is 5.92 Å². The van der Waals surface area contributed by atoms with Crippen molar-refractivity contribution < 1.29 is 17.9 Å². The quantitative estimate of drug-likeness (QED) is 0.655. The van der Waals surface area contributed by atoms with Crippen molar-refractivity contribution in [3.63, 3.8) is 0 Å². The van der Waals surface area contributed by atoms with Crippen molar-refractivity contribution in [2.45, 2.75) is 49.5 Å². The zero-order chi connectivity index (χ0) is 22.4. The first kappa shape index (κ1) is 23.3. The van der Waals surface area contributed by atoms with Gasteiger partial charge in [0.05, 0.1) is 13.2 Å². The summed E-state index contributed by atoms with van der Waals surface area (Å²) in [4.78, 5) is 13.1. The fourth-order valence-corrected chi connectivity index (χ4v) is 5.25. The first-order chi connectivity index (χ1) is 14.8. The minimum Gasteiger partial charge on any atom is -0.495 e. The van der Waals surface area contributed by atoms with Gasteiger partial charge in [-0.3, -0.25) is 4.79 Å². The van der Waals surface area contributed by atoms with Crippen LogP contribution in [0.4, 0.5) is 0 Å². The Labute approximate surface area is 185 Å². The third kappa shape index (κ3) is 5.66. The second-order valence-corrected chi connectivity index (χ2v) is 10.4. The lowest BCUT2D eigenvalue weighted by Crippen LogP contribution is -2.31. The molecular formula is C24H32N2O4S. The Morgan fingerprint density at radius 3 is 2.39 bits per heavy atom. The molecule has 1 atom stereocenters. The summed E-state index contributed by atoms with van der Waals surface area (Å²) in [7, 11) is 0.576. The van der Waals surface area contributed by atoms with Gasteiger partial charge in [-0.15, -0.1) is 0 Å². The van der Waals surface area contributed by atoms with Gasteiger partial charge in [0.2, 0.25) is 10.0 Å². The van der Waals surface area contributed by atoms with Crippen molar-refractivity contribution >= 4 is 15.9 Å². The molecule has 1 saturated carbocycles. The number of amides is 1. The topological polar surface area (TPSA) is 75.7 Å². The predicted molar refractivity (Wildman–Crippen MR) is 122 cm³/mol. The van der Waals surface area contributed by atoms with E-state index in [4.69, 9.17) is 4.74 Å². The summed E-state index contributed by atoms with van der Waals surface area (Å²) in [5.74, 6) is 0.509. The summed E-state index contributed by atoms with van der Waals surface area (Å²) < 4.78 is 31.8. The minimum atomic E-state index is -3.75. The predicted octanol–water partition coefficient (Wildman–Crippen LogP) is 4.39. The number of carbonyl (C=O) groups is 1. The van der Waals surface area contributed by atoms with Crippen molar-refractivity contribution in [2.75, 3.05) is 21.2 Å². The fraction of sp³-hybridized carbons (Fsp3) is 0.458. The highest BCUT2D eigenvalue weighted by Gasteiger charge is 2.26. The fourth-order valence-electron chi connectivity index (χ4n) is 4.18. The van der Waals surface area contributed by atoms with E-state index in [0.717, 1.165) is 16.3 Å². The third-order valence-electron chi connectivity index (χ3n) is 5.99. The Kier molecular flexibility index (Phi) is 7.73. The van der Waals surface area contributed by atoms with Crippen molar-refractivity contribution in [1.82, 2.24) is 9.62 Å². The molecular weight excluding hydrogens is 412 g/mol. The maximum atomic E-state index is 13.2. The molecule has 3 rings (SSSR count). The van der Waals surface area contributed by atoms with E-state index >= 15 is 0 Å². The Morgan fingerprint density at radius 2 is 1.77 bits per heavy atom. The highest BCUT2D eigenvalue weighted by molar-refractivity contribution is 7.89. The molecule has 0 saturated heterocycles. The van der Waals surface area contributed by atoms with Crippen molar-refractivity contribution in [1.29, 1.82) is 0 Å². The number of rotatable bonds is 8. The average molecular weight is 445 g/mol. The minimum absolute atomic E-state index is 0.0174. The van der Waals surface area contributed by atoms with E-state index in [1.54, 1.807) is 6.07 Å². The Bertz CT molecular complexity index is 984. The molecule has 0 spiro atoms. The molecule has 1 amide bonds. The van der Waals surface area contributed by atoms with Crippen LogP contribution in [-0.4, -0.2) is 39.8 Å². The van der Waals surface area contributed by atoms with Gasteiger partial charge in [-0.25, -0.2) is 12.7 Å². The first-order valence-corrected chi connectivity index (χ1v) is 12.2. The van der Waals surface area contributed by atoms with Gasteiger partial charge >= 0.3 is 0 Å². The molecule has 2 aromatic rings. The molecule has 0 radical (unpaired) electrons. The van der Waals surface area contributed by atoms with Gasteiger partial charge in [0.1, 0.15) is 10.6 Å². The molecule has 1 fully saturated rings. The molecule has 1 unspecified atom stereocenters. The molecule has 0 aliphatic heterocycles. The maximum Gasteiger partial charge on any atom is 0.251 e. The Hall–Kier alpha value is -2.38. The second kappa shape index (κ2) is 10.3. The summed E-state index contributed by atoms with van der Waals surface area (Å²) >= 11 is 0. The number of carbonyl (C=O) groups excluding carboxylic acids is 1. The largest absolute Gasteiger partial charge is 0.495 e. The monoisotopic (exact) mass is 444 g/mol. The summed E-state index contributed by atoms with van der Waals surface area (Å²) in [5.41, 5.74) is 1.36. The standard InChI is InChI=1S/C24H32N2O4S/c1-26(2)31(28,29)23-17-20(14-15-22(23)30-3)24(27)25-21(19-12-8-5-9-13-19)16-18-10-6-4-7-11-18/h5,8-9,12-15,17-18,21H,4,6-7,10-11,16H2,1-3H3,(H,25,27). The first-order valence-electron chi connectivity index (χ1n) is 10.8. The number of ether oxygens (including phenoxy) is 1. The molecule has 0 aromatic heterocycles. The van der Waals surface area contributed by atoms with E-state index in [1.165, 1.54) is 65.4 Å². The van der Waals surface area contributed by atoms with E-state index < -0.39 is 10.0 Å². The van der Waals surface area contributed by atoms with E-state index in [9.17, 15) is 13.2 Å². The van der Waals surface area contributed by atoms with Crippen LogP contribution >= 0.6 is 0 Å². The number of nitrogens with zero attached hydrogens (tertiary/aromatic N) is 1. The smallest absolute Gasteiger partial charge is 0.251 e. The van der Waals surface area contributed by atoms with Crippen LogP contribution in [0, 0.1) is 5.92 Å². The van der Waals surface area contributed by atoms with Crippen LogP contribution in [0.3, 0.4) is 0 Å². The van der Waals surface area contributed by atoms with Gasteiger partial charge in [-0.1, -0.05) is 62.4 Å². The van der Waals surface area contributed by atoms with Crippen LogP contribution in [0.2, 0.25) is 0 Å².